The van der Waals surface area contributed by atoms with Gasteiger partial charge in [0.05, 0.1) is 6.04 Å². The first kappa shape index (κ1) is 22.9. The van der Waals surface area contributed by atoms with Crippen molar-refractivity contribution in [2.24, 2.45) is 27.9 Å². The van der Waals surface area contributed by atoms with Gasteiger partial charge < -0.3 is 38.3 Å². The smallest absolute Gasteiger partial charge is 0.245 e. The molecule has 164 valence electrons. The molecular weight excluding hydrogens is 390 g/mol. The van der Waals surface area contributed by atoms with Crippen molar-refractivity contribution in [2.45, 2.75) is 43.8 Å². The number of guanidine groups is 1. The highest BCUT2D eigenvalue weighted by molar-refractivity contribution is 5.93. The minimum absolute atomic E-state index is 0.0608. The summed E-state index contributed by atoms with van der Waals surface area (Å²) in [5.41, 5.74) is 22.7. The summed E-state index contributed by atoms with van der Waals surface area (Å²) in [4.78, 5) is 42.2. The first-order valence-electron chi connectivity index (χ1n) is 9.68. The van der Waals surface area contributed by atoms with Crippen molar-refractivity contribution in [3.05, 3.63) is 29.8 Å². The first-order valence-corrected chi connectivity index (χ1v) is 9.68. The molecular formula is C19H29N7O4. The molecule has 3 amide bonds. The monoisotopic (exact) mass is 419 g/mol. The molecule has 1 heterocycles. The average molecular weight is 419 g/mol. The number of aliphatic imine (C=N–C) groups is 1. The quantitative estimate of drug-likeness (QED) is 0.141. The van der Waals surface area contributed by atoms with Crippen LogP contribution in [0.2, 0.25) is 0 Å². The molecule has 11 heteroatoms. The molecule has 0 aliphatic carbocycles. The molecule has 3 atom stereocenters. The minimum Gasteiger partial charge on any atom is -0.508 e. The van der Waals surface area contributed by atoms with Gasteiger partial charge in [-0.3, -0.25) is 19.4 Å². The van der Waals surface area contributed by atoms with Crippen molar-refractivity contribution >= 4 is 23.7 Å². The second-order valence-electron chi connectivity index (χ2n) is 7.23. The molecule has 2 rings (SSSR count). The summed E-state index contributed by atoms with van der Waals surface area (Å²) in [5, 5.41) is 12.0. The molecule has 0 radical (unpaired) electrons. The van der Waals surface area contributed by atoms with E-state index in [1.807, 2.05) is 0 Å². The predicted molar refractivity (Wildman–Crippen MR) is 111 cm³/mol. The molecule has 11 nitrogen and oxygen atoms in total. The zero-order valence-electron chi connectivity index (χ0n) is 16.7. The van der Waals surface area contributed by atoms with E-state index in [2.05, 4.69) is 10.3 Å². The van der Waals surface area contributed by atoms with Crippen LogP contribution < -0.4 is 28.3 Å². The predicted octanol–water partition coefficient (Wildman–Crippen LogP) is -2.11. The van der Waals surface area contributed by atoms with Gasteiger partial charge in [-0.15, -0.1) is 0 Å². The zero-order chi connectivity index (χ0) is 22.3. The maximum absolute atomic E-state index is 12.9. The number of amides is 3. The fourth-order valence-corrected chi connectivity index (χ4v) is 3.17. The number of phenols is 1. The van der Waals surface area contributed by atoms with Crippen molar-refractivity contribution in [3.63, 3.8) is 0 Å². The van der Waals surface area contributed by atoms with E-state index >= 15 is 0 Å². The van der Waals surface area contributed by atoms with E-state index in [-0.39, 0.29) is 30.5 Å². The first-order chi connectivity index (χ1) is 14.2. The molecule has 1 unspecified atom stereocenters. The van der Waals surface area contributed by atoms with Crippen LogP contribution in [-0.2, 0) is 20.8 Å². The number of rotatable bonds is 10. The molecule has 30 heavy (non-hydrogen) atoms. The van der Waals surface area contributed by atoms with Gasteiger partial charge in [-0.1, -0.05) is 12.1 Å². The minimum atomic E-state index is -0.897. The Hall–Kier alpha value is -3.34. The standard InChI is InChI=1S/C19H29N7O4/c20-13(10-11-3-5-12(27)6-4-11)17(29)25-14(2-1-8-24-19(22)23)18(30)26-9-7-15(26)16(21)28/h3-6,13-15,27H,1-2,7-10,20H2,(H2,21,28)(H,25,29)(H4,22,23,24)/t13-,14-,15?/m1/s1. The number of aromatic hydroxyl groups is 1. The van der Waals surface area contributed by atoms with Crippen LogP contribution in [0.25, 0.3) is 0 Å². The van der Waals surface area contributed by atoms with E-state index in [1.54, 1.807) is 12.1 Å². The van der Waals surface area contributed by atoms with Gasteiger partial charge >= 0.3 is 0 Å². The van der Waals surface area contributed by atoms with Gasteiger partial charge in [-0.2, -0.15) is 0 Å². The van der Waals surface area contributed by atoms with Crippen molar-refractivity contribution in [1.82, 2.24) is 10.2 Å². The molecule has 0 spiro atoms. The third kappa shape index (κ3) is 6.34. The van der Waals surface area contributed by atoms with Gasteiger partial charge in [-0.25, -0.2) is 0 Å². The number of primary amides is 1. The lowest BCUT2D eigenvalue weighted by molar-refractivity contribution is -0.149. The van der Waals surface area contributed by atoms with Gasteiger partial charge in [0, 0.05) is 13.1 Å². The Labute approximate surface area is 174 Å². The van der Waals surface area contributed by atoms with E-state index in [9.17, 15) is 19.5 Å². The fourth-order valence-electron chi connectivity index (χ4n) is 3.17. The number of hydrogen-bond acceptors (Lipinski definition) is 6. The number of nitrogens with zero attached hydrogens (tertiary/aromatic N) is 2. The lowest BCUT2D eigenvalue weighted by Crippen LogP contribution is -2.62. The maximum atomic E-state index is 12.9. The van der Waals surface area contributed by atoms with Crippen LogP contribution in [0.15, 0.2) is 29.3 Å². The van der Waals surface area contributed by atoms with E-state index in [1.165, 1.54) is 17.0 Å². The highest BCUT2D eigenvalue weighted by Crippen LogP contribution is 2.19. The van der Waals surface area contributed by atoms with E-state index in [0.717, 1.165) is 5.56 Å². The van der Waals surface area contributed by atoms with Crippen LogP contribution >= 0.6 is 0 Å². The number of carbonyl (C=O) groups is 3. The molecule has 0 saturated carbocycles. The topological polar surface area (TPSA) is 203 Å². The SMILES string of the molecule is NC(=O)C1CCN1C(=O)[C@@H](CCCN=C(N)N)NC(=O)[C@H](N)Cc1ccc(O)cc1. The fraction of sp³-hybridized carbons (Fsp3) is 0.474. The summed E-state index contributed by atoms with van der Waals surface area (Å²) >= 11 is 0. The number of likely N-dealkylation sites (tertiary alicyclic amines) is 1. The van der Waals surface area contributed by atoms with E-state index in [4.69, 9.17) is 22.9 Å². The summed E-state index contributed by atoms with van der Waals surface area (Å²) in [6, 6.07) is 3.90. The Balaban J connectivity index is 2.02. The number of hydrogen-bond donors (Lipinski definition) is 6. The highest BCUT2D eigenvalue weighted by Gasteiger charge is 2.39. The molecule has 0 bridgehead atoms. The van der Waals surface area contributed by atoms with Crippen LogP contribution in [-0.4, -0.2) is 64.9 Å². The Kier molecular flexibility index (Phi) is 7.98. The number of nitrogens with one attached hydrogen (secondary N) is 1. The molecule has 1 aromatic rings. The van der Waals surface area contributed by atoms with Crippen LogP contribution in [0.1, 0.15) is 24.8 Å². The van der Waals surface area contributed by atoms with E-state index in [0.29, 0.717) is 25.9 Å². The molecule has 1 aliphatic heterocycles. The normalized spacial score (nSPS) is 17.4. The second-order valence-corrected chi connectivity index (χ2v) is 7.23. The van der Waals surface area contributed by atoms with Gasteiger partial charge in [-0.05, 0) is 43.4 Å². The van der Waals surface area contributed by atoms with Gasteiger partial charge in [0.1, 0.15) is 17.8 Å². The lowest BCUT2D eigenvalue weighted by Gasteiger charge is -2.41. The number of nitrogens with two attached hydrogens (primary N) is 4. The Morgan fingerprint density at radius 1 is 1.20 bits per heavy atom. The molecule has 1 aromatic carbocycles. The van der Waals surface area contributed by atoms with Gasteiger partial charge in [0.2, 0.25) is 17.7 Å². The maximum Gasteiger partial charge on any atom is 0.245 e. The molecule has 1 saturated heterocycles. The summed E-state index contributed by atoms with van der Waals surface area (Å²) in [5.74, 6) is -1.42. The molecule has 10 N–H and O–H groups in total. The number of carbonyl (C=O) groups excluding carboxylic acids is 3. The Bertz CT molecular complexity index is 793. The summed E-state index contributed by atoms with van der Waals surface area (Å²) in [7, 11) is 0. The lowest BCUT2D eigenvalue weighted by atomic mass is 9.98. The van der Waals surface area contributed by atoms with Crippen molar-refractivity contribution < 1.29 is 19.5 Å². The van der Waals surface area contributed by atoms with Crippen molar-refractivity contribution in [1.29, 1.82) is 0 Å². The van der Waals surface area contributed by atoms with Gasteiger partial charge in [0.15, 0.2) is 5.96 Å². The zero-order valence-corrected chi connectivity index (χ0v) is 16.7. The number of phenolic OH excluding ortho intramolecular Hbond substituents is 1. The summed E-state index contributed by atoms with van der Waals surface area (Å²) in [6.45, 7) is 0.688. The molecule has 1 fully saturated rings. The molecule has 1 aliphatic rings. The third-order valence-electron chi connectivity index (χ3n) is 4.92. The van der Waals surface area contributed by atoms with Crippen LogP contribution in [0.5, 0.6) is 5.75 Å². The summed E-state index contributed by atoms with van der Waals surface area (Å²) < 4.78 is 0. The van der Waals surface area contributed by atoms with Crippen molar-refractivity contribution in [3.8, 4) is 5.75 Å². The third-order valence-corrected chi connectivity index (χ3v) is 4.92. The van der Waals surface area contributed by atoms with E-state index < -0.39 is 29.9 Å². The Morgan fingerprint density at radius 3 is 2.40 bits per heavy atom. The number of benzene rings is 1. The van der Waals surface area contributed by atoms with Crippen LogP contribution in [0.4, 0.5) is 0 Å². The van der Waals surface area contributed by atoms with Crippen LogP contribution in [0.3, 0.4) is 0 Å². The van der Waals surface area contributed by atoms with Crippen LogP contribution in [0, 0.1) is 0 Å². The molecule has 0 aromatic heterocycles. The van der Waals surface area contributed by atoms with Gasteiger partial charge in [0.25, 0.3) is 0 Å². The second kappa shape index (κ2) is 10.4. The largest absolute Gasteiger partial charge is 0.508 e. The summed E-state index contributed by atoms with van der Waals surface area (Å²) in [6.07, 6.45) is 1.44. The highest BCUT2D eigenvalue weighted by atomic mass is 16.3. The van der Waals surface area contributed by atoms with Crippen molar-refractivity contribution in [2.75, 3.05) is 13.1 Å². The average Bonchev–Trinajstić information content (AvgIpc) is 2.64. The Morgan fingerprint density at radius 2 is 1.87 bits per heavy atom.